The Kier molecular flexibility index (Phi) is 4.92. The molecule has 1 aromatic carbocycles. The highest BCUT2D eigenvalue weighted by Crippen LogP contribution is 2.21. The summed E-state index contributed by atoms with van der Waals surface area (Å²) in [4.78, 5) is 23.4. The summed E-state index contributed by atoms with van der Waals surface area (Å²) in [7, 11) is 1.31. The first kappa shape index (κ1) is 15.0. The number of ether oxygens (including phenoxy) is 1. The van der Waals surface area contributed by atoms with Gasteiger partial charge in [0.1, 0.15) is 0 Å². The van der Waals surface area contributed by atoms with Gasteiger partial charge in [-0.25, -0.2) is 4.79 Å². The van der Waals surface area contributed by atoms with Gasteiger partial charge in [0.2, 0.25) is 5.91 Å². The molecule has 0 unspecified atom stereocenters. The fraction of sp³-hybridized carbons (Fsp3) is 0.400. The smallest absolute Gasteiger partial charge is 0.359 e. The molecular weight excluding hydrogens is 270 g/mol. The molecule has 21 heavy (non-hydrogen) atoms. The maximum Gasteiger partial charge on any atom is 0.359 e. The molecule has 2 aromatic rings. The lowest BCUT2D eigenvalue weighted by molar-refractivity contribution is -0.116. The Labute approximate surface area is 122 Å². The van der Waals surface area contributed by atoms with E-state index in [1.54, 1.807) is 18.2 Å². The summed E-state index contributed by atoms with van der Waals surface area (Å²) in [6.45, 7) is 2.10. The van der Waals surface area contributed by atoms with Gasteiger partial charge in [0.05, 0.1) is 12.6 Å². The number of anilines is 1. The van der Waals surface area contributed by atoms with Crippen molar-refractivity contribution in [3.8, 4) is 0 Å². The average molecular weight is 289 g/mol. The number of hydrogen-bond donors (Lipinski definition) is 2. The van der Waals surface area contributed by atoms with E-state index in [2.05, 4.69) is 27.2 Å². The average Bonchev–Trinajstić information content (AvgIpc) is 2.90. The summed E-state index contributed by atoms with van der Waals surface area (Å²) >= 11 is 0. The number of carbonyl (C=O) groups is 2. The number of methoxy groups -OCH3 is 1. The monoisotopic (exact) mass is 289 g/mol. The summed E-state index contributed by atoms with van der Waals surface area (Å²) in [5.41, 5.74) is 1.59. The number of aromatic amines is 1. The van der Waals surface area contributed by atoms with Crippen molar-refractivity contribution in [2.45, 2.75) is 32.6 Å². The number of fused-ring (bicyclic) bond motifs is 1. The second-order valence-electron chi connectivity index (χ2n) is 4.83. The van der Waals surface area contributed by atoms with Gasteiger partial charge >= 0.3 is 5.97 Å². The van der Waals surface area contributed by atoms with E-state index in [9.17, 15) is 9.59 Å². The van der Waals surface area contributed by atoms with Crippen molar-refractivity contribution in [2.24, 2.45) is 0 Å². The fourth-order valence-electron chi connectivity index (χ4n) is 2.10. The SMILES string of the molecule is CCCCCC(=O)Nc1ccc2[nH]nc(C(=O)OC)c2c1. The van der Waals surface area contributed by atoms with E-state index >= 15 is 0 Å². The summed E-state index contributed by atoms with van der Waals surface area (Å²) in [6.07, 6.45) is 3.50. The van der Waals surface area contributed by atoms with Gasteiger partial charge in [0, 0.05) is 17.5 Å². The number of rotatable bonds is 6. The lowest BCUT2D eigenvalue weighted by atomic mass is 10.1. The van der Waals surface area contributed by atoms with Crippen LogP contribution in [0.2, 0.25) is 0 Å². The van der Waals surface area contributed by atoms with Crippen LogP contribution in [-0.4, -0.2) is 29.2 Å². The van der Waals surface area contributed by atoms with Crippen LogP contribution >= 0.6 is 0 Å². The molecule has 1 amide bonds. The van der Waals surface area contributed by atoms with E-state index in [4.69, 9.17) is 0 Å². The Balaban J connectivity index is 2.14. The third-order valence-corrected chi connectivity index (χ3v) is 3.23. The van der Waals surface area contributed by atoms with E-state index in [1.807, 2.05) is 0 Å². The summed E-state index contributed by atoms with van der Waals surface area (Å²) < 4.78 is 4.68. The zero-order chi connectivity index (χ0) is 15.2. The second-order valence-corrected chi connectivity index (χ2v) is 4.83. The minimum atomic E-state index is -0.507. The van der Waals surface area contributed by atoms with Gasteiger partial charge in [-0.2, -0.15) is 5.10 Å². The predicted molar refractivity (Wildman–Crippen MR) is 80.2 cm³/mol. The summed E-state index contributed by atoms with van der Waals surface area (Å²) in [5, 5.41) is 10.2. The number of nitrogens with zero attached hydrogens (tertiary/aromatic N) is 1. The van der Waals surface area contributed by atoms with Crippen LogP contribution in [0.5, 0.6) is 0 Å². The first-order valence-corrected chi connectivity index (χ1v) is 7.02. The Hall–Kier alpha value is -2.37. The van der Waals surface area contributed by atoms with E-state index < -0.39 is 5.97 Å². The lowest BCUT2D eigenvalue weighted by Gasteiger charge is -2.05. The molecule has 0 saturated carbocycles. The molecule has 112 valence electrons. The van der Waals surface area contributed by atoms with Crippen LogP contribution < -0.4 is 5.32 Å². The molecule has 6 nitrogen and oxygen atoms in total. The Morgan fingerprint density at radius 1 is 1.33 bits per heavy atom. The molecule has 0 spiro atoms. The maximum atomic E-state index is 11.8. The van der Waals surface area contributed by atoms with Crippen molar-refractivity contribution in [2.75, 3.05) is 12.4 Å². The van der Waals surface area contributed by atoms with Crippen LogP contribution in [0, 0.1) is 0 Å². The standard InChI is InChI=1S/C15H19N3O3/c1-3-4-5-6-13(19)16-10-7-8-12-11(9-10)14(18-17-12)15(20)21-2/h7-9H,3-6H2,1-2H3,(H,16,19)(H,17,18). The Bertz CT molecular complexity index is 649. The van der Waals surface area contributed by atoms with Gasteiger partial charge in [-0.15, -0.1) is 0 Å². The number of amides is 1. The number of esters is 1. The number of benzene rings is 1. The molecule has 6 heteroatoms. The quantitative estimate of drug-likeness (QED) is 0.632. The third-order valence-electron chi connectivity index (χ3n) is 3.23. The minimum absolute atomic E-state index is 0.0223. The van der Waals surface area contributed by atoms with Crippen LogP contribution in [-0.2, 0) is 9.53 Å². The number of carbonyl (C=O) groups excluding carboxylic acids is 2. The second kappa shape index (κ2) is 6.88. The molecule has 0 fully saturated rings. The first-order chi connectivity index (χ1) is 10.2. The molecule has 2 rings (SSSR count). The van der Waals surface area contributed by atoms with Gasteiger partial charge < -0.3 is 10.1 Å². The normalized spacial score (nSPS) is 10.6. The number of H-pyrrole nitrogens is 1. The predicted octanol–water partition coefficient (Wildman–Crippen LogP) is 2.87. The molecule has 1 heterocycles. The van der Waals surface area contributed by atoms with Crippen molar-refractivity contribution in [3.63, 3.8) is 0 Å². The first-order valence-electron chi connectivity index (χ1n) is 7.02. The molecule has 0 saturated heterocycles. The van der Waals surface area contributed by atoms with Crippen molar-refractivity contribution < 1.29 is 14.3 Å². The molecular formula is C15H19N3O3. The molecule has 1 aromatic heterocycles. The van der Waals surface area contributed by atoms with Crippen LogP contribution in [0.4, 0.5) is 5.69 Å². The fourth-order valence-corrected chi connectivity index (χ4v) is 2.10. The zero-order valence-electron chi connectivity index (χ0n) is 12.2. The number of hydrogen-bond acceptors (Lipinski definition) is 4. The minimum Gasteiger partial charge on any atom is -0.464 e. The highest BCUT2D eigenvalue weighted by molar-refractivity contribution is 6.03. The Morgan fingerprint density at radius 3 is 2.86 bits per heavy atom. The molecule has 0 radical (unpaired) electrons. The zero-order valence-corrected chi connectivity index (χ0v) is 12.2. The highest BCUT2D eigenvalue weighted by atomic mass is 16.5. The van der Waals surface area contributed by atoms with Gasteiger partial charge in [0.25, 0.3) is 0 Å². The summed E-state index contributed by atoms with van der Waals surface area (Å²) in [5.74, 6) is -0.529. The summed E-state index contributed by atoms with van der Waals surface area (Å²) in [6, 6.07) is 5.28. The molecule has 0 aliphatic carbocycles. The molecule has 0 aliphatic rings. The lowest BCUT2D eigenvalue weighted by Crippen LogP contribution is -2.11. The van der Waals surface area contributed by atoms with Crippen LogP contribution in [0.15, 0.2) is 18.2 Å². The van der Waals surface area contributed by atoms with E-state index in [0.29, 0.717) is 17.5 Å². The van der Waals surface area contributed by atoms with Crippen LogP contribution in [0.3, 0.4) is 0 Å². The van der Waals surface area contributed by atoms with Crippen LogP contribution in [0.1, 0.15) is 43.1 Å². The maximum absolute atomic E-state index is 11.8. The molecule has 0 atom stereocenters. The van der Waals surface area contributed by atoms with E-state index in [1.165, 1.54) is 7.11 Å². The van der Waals surface area contributed by atoms with Gasteiger partial charge in [-0.3, -0.25) is 9.89 Å². The van der Waals surface area contributed by atoms with Crippen LogP contribution in [0.25, 0.3) is 10.9 Å². The topological polar surface area (TPSA) is 84.1 Å². The number of aromatic nitrogens is 2. The van der Waals surface area contributed by atoms with E-state index in [0.717, 1.165) is 24.8 Å². The van der Waals surface area contributed by atoms with E-state index in [-0.39, 0.29) is 11.6 Å². The molecule has 2 N–H and O–H groups in total. The molecule has 0 aliphatic heterocycles. The highest BCUT2D eigenvalue weighted by Gasteiger charge is 2.15. The van der Waals surface area contributed by atoms with Gasteiger partial charge in [-0.05, 0) is 24.6 Å². The Morgan fingerprint density at radius 2 is 2.14 bits per heavy atom. The molecule has 0 bridgehead atoms. The van der Waals surface area contributed by atoms with Crippen molar-refractivity contribution in [3.05, 3.63) is 23.9 Å². The third kappa shape index (κ3) is 3.59. The number of unbranched alkanes of at least 4 members (excludes halogenated alkanes) is 2. The van der Waals surface area contributed by atoms with Gasteiger partial charge in [-0.1, -0.05) is 19.8 Å². The van der Waals surface area contributed by atoms with Crippen molar-refractivity contribution in [1.29, 1.82) is 0 Å². The largest absolute Gasteiger partial charge is 0.464 e. The van der Waals surface area contributed by atoms with Crippen molar-refractivity contribution in [1.82, 2.24) is 10.2 Å². The number of nitrogens with one attached hydrogen (secondary N) is 2. The van der Waals surface area contributed by atoms with Gasteiger partial charge in [0.15, 0.2) is 5.69 Å². The van der Waals surface area contributed by atoms with Crippen molar-refractivity contribution >= 4 is 28.5 Å².